The molecule has 0 spiro atoms. The minimum absolute atomic E-state index is 0.0355. The number of nitrogens with one attached hydrogen (secondary N) is 1. The number of aromatic nitrogens is 4. The zero-order chi connectivity index (χ0) is 25.9. The number of hydrogen-bond acceptors (Lipinski definition) is 12. The lowest BCUT2D eigenvalue weighted by Crippen LogP contribution is -2.42. The van der Waals surface area contributed by atoms with E-state index in [1.54, 1.807) is 13.0 Å². The van der Waals surface area contributed by atoms with Gasteiger partial charge in [-0.1, -0.05) is 12.1 Å². The van der Waals surface area contributed by atoms with Crippen LogP contribution < -0.4 is 11.3 Å². The number of benzene rings is 1. The third-order valence-electron chi connectivity index (χ3n) is 6.44. The van der Waals surface area contributed by atoms with Crippen molar-refractivity contribution in [2.24, 2.45) is 0 Å². The molecule has 1 aromatic carbocycles. The van der Waals surface area contributed by atoms with Gasteiger partial charge < -0.3 is 19.9 Å². The average molecular weight is 537 g/mol. The Hall–Kier alpha value is -3.36. The number of anilines is 1. The average Bonchev–Trinajstić information content (AvgIpc) is 3.47. The van der Waals surface area contributed by atoms with Gasteiger partial charge in [0.25, 0.3) is 5.56 Å². The highest BCUT2D eigenvalue weighted by Crippen LogP contribution is 2.58. The van der Waals surface area contributed by atoms with Crippen LogP contribution in [0.2, 0.25) is 0 Å². The number of nitrogens with zero attached hydrogens (tertiary/aromatic N) is 3. The highest BCUT2D eigenvalue weighted by molar-refractivity contribution is 7.48. The lowest BCUT2D eigenvalue weighted by Gasteiger charge is -2.29. The number of aromatic amines is 1. The molecule has 3 aliphatic heterocycles. The molecule has 5 heterocycles. The molecule has 0 radical (unpaired) electrons. The van der Waals surface area contributed by atoms with Crippen molar-refractivity contribution < 1.29 is 41.5 Å². The van der Waals surface area contributed by atoms with Crippen LogP contribution in [0.25, 0.3) is 11.2 Å². The Morgan fingerprint density at radius 3 is 3.03 bits per heavy atom. The number of fused-ring (bicyclic) bond motifs is 2. The van der Waals surface area contributed by atoms with Crippen LogP contribution in [0.5, 0.6) is 0 Å². The number of phosphoric ester groups is 1. The summed E-state index contributed by atoms with van der Waals surface area (Å²) in [6, 6.07) is 5.74. The maximum atomic E-state index is 13.7. The molecule has 196 valence electrons. The Kier molecular flexibility index (Phi) is 5.58. The van der Waals surface area contributed by atoms with Crippen molar-refractivity contribution in [1.29, 1.82) is 0 Å². The van der Waals surface area contributed by atoms with Crippen LogP contribution in [0.15, 0.2) is 35.4 Å². The summed E-state index contributed by atoms with van der Waals surface area (Å²) in [6.45, 7) is 1.23. The summed E-state index contributed by atoms with van der Waals surface area (Å²) in [5.74, 6) is -0.574. The monoisotopic (exact) mass is 537 g/mol. The number of ether oxygens (including phenoxy) is 3. The van der Waals surface area contributed by atoms with E-state index in [2.05, 4.69) is 15.0 Å². The van der Waals surface area contributed by atoms with E-state index < -0.39 is 55.5 Å². The van der Waals surface area contributed by atoms with Gasteiger partial charge in [-0.25, -0.2) is 18.7 Å². The van der Waals surface area contributed by atoms with E-state index in [9.17, 15) is 18.5 Å². The third kappa shape index (κ3) is 4.08. The van der Waals surface area contributed by atoms with Crippen molar-refractivity contribution in [2.75, 3.05) is 18.9 Å². The zero-order valence-corrected chi connectivity index (χ0v) is 20.1. The minimum Gasteiger partial charge on any atom is -0.424 e. The number of H-pyrrole nitrogens is 1. The summed E-state index contributed by atoms with van der Waals surface area (Å²) in [7, 11) is -4.09. The van der Waals surface area contributed by atoms with Gasteiger partial charge in [0.1, 0.15) is 18.2 Å². The maximum Gasteiger partial charge on any atom is 0.509 e. The maximum absolute atomic E-state index is 13.7. The molecule has 6 rings (SSSR count). The van der Waals surface area contributed by atoms with Gasteiger partial charge in [-0.2, -0.15) is 4.98 Å². The molecule has 14 nitrogen and oxygen atoms in total. The quantitative estimate of drug-likeness (QED) is 0.359. The normalized spacial score (nSPS) is 33.3. The Morgan fingerprint density at radius 2 is 2.22 bits per heavy atom. The molecule has 3 aromatic rings. The van der Waals surface area contributed by atoms with Crippen LogP contribution in [-0.4, -0.2) is 56.7 Å². The molecule has 3 N–H and O–H groups in total. The lowest BCUT2D eigenvalue weighted by atomic mass is 9.96. The summed E-state index contributed by atoms with van der Waals surface area (Å²) in [5, 5.41) is 0. The molecular weight excluding hydrogens is 516 g/mol. The molecule has 3 fully saturated rings. The van der Waals surface area contributed by atoms with E-state index in [4.69, 9.17) is 33.5 Å². The van der Waals surface area contributed by atoms with Gasteiger partial charge in [0.15, 0.2) is 29.1 Å². The third-order valence-corrected chi connectivity index (χ3v) is 7.91. The van der Waals surface area contributed by atoms with Crippen molar-refractivity contribution in [2.45, 2.75) is 43.5 Å². The molecule has 3 aliphatic rings. The number of halogens is 1. The van der Waals surface area contributed by atoms with E-state index in [0.717, 1.165) is 0 Å². The second kappa shape index (κ2) is 8.60. The van der Waals surface area contributed by atoms with Crippen molar-refractivity contribution in [3.05, 3.63) is 52.3 Å². The number of rotatable bonds is 5. The fourth-order valence-electron chi connectivity index (χ4n) is 4.78. The van der Waals surface area contributed by atoms with Gasteiger partial charge in [-0.15, -0.1) is 0 Å². The number of hydrogen-bond donors (Lipinski definition) is 2. The molecule has 6 atom stereocenters. The van der Waals surface area contributed by atoms with Crippen molar-refractivity contribution >= 4 is 31.1 Å². The van der Waals surface area contributed by atoms with Gasteiger partial charge in [0.2, 0.25) is 5.95 Å². The van der Waals surface area contributed by atoms with E-state index in [0.29, 0.717) is 12.0 Å². The Balaban J connectivity index is 1.24. The highest BCUT2D eigenvalue weighted by Gasteiger charge is 2.64. The van der Waals surface area contributed by atoms with Crippen LogP contribution in [0, 0.1) is 5.82 Å². The second-order valence-electron chi connectivity index (χ2n) is 8.89. The molecule has 0 saturated carbocycles. The molecule has 0 aliphatic carbocycles. The number of carbonyl (C=O) groups excluding carboxylic acids is 1. The Bertz CT molecular complexity index is 1500. The van der Waals surface area contributed by atoms with Crippen molar-refractivity contribution in [1.82, 2.24) is 19.5 Å². The van der Waals surface area contributed by atoms with Crippen LogP contribution in [-0.2, 0) is 32.3 Å². The minimum atomic E-state index is -4.09. The van der Waals surface area contributed by atoms with Gasteiger partial charge in [-0.3, -0.25) is 27.9 Å². The van der Waals surface area contributed by atoms with E-state index >= 15 is 0 Å². The van der Waals surface area contributed by atoms with Crippen molar-refractivity contribution in [3.8, 4) is 0 Å². The van der Waals surface area contributed by atoms with Gasteiger partial charge in [-0.05, 0) is 24.6 Å². The smallest absolute Gasteiger partial charge is 0.424 e. The highest BCUT2D eigenvalue weighted by atomic mass is 31.2. The summed E-state index contributed by atoms with van der Waals surface area (Å²) >= 11 is 0. The zero-order valence-electron chi connectivity index (χ0n) is 19.2. The first-order chi connectivity index (χ1) is 17.6. The summed E-state index contributed by atoms with van der Waals surface area (Å²) in [4.78, 5) is 35.1. The first-order valence-electron chi connectivity index (χ1n) is 11.3. The van der Waals surface area contributed by atoms with Gasteiger partial charge in [0.05, 0.1) is 19.3 Å². The fourth-order valence-corrected chi connectivity index (χ4v) is 6.18. The molecule has 0 amide bonds. The van der Waals surface area contributed by atoms with E-state index in [1.807, 2.05) is 0 Å². The molecule has 37 heavy (non-hydrogen) atoms. The van der Waals surface area contributed by atoms with Gasteiger partial charge >= 0.3 is 14.0 Å². The van der Waals surface area contributed by atoms with Crippen LogP contribution in [0.1, 0.15) is 31.2 Å². The molecular formula is C21H21FN5O9P. The fraction of sp³-hybridized carbons (Fsp3) is 0.429. The Labute approximate surface area is 207 Å². The summed E-state index contributed by atoms with van der Waals surface area (Å²) in [5.41, 5.74) is 4.20. The number of carbonyl (C=O) groups is 1. The predicted molar refractivity (Wildman–Crippen MR) is 121 cm³/mol. The van der Waals surface area contributed by atoms with E-state index in [-0.39, 0.29) is 30.3 Å². The Morgan fingerprint density at radius 1 is 1.38 bits per heavy atom. The largest absolute Gasteiger partial charge is 0.509 e. The topological polar surface area (TPSA) is 179 Å². The SMILES string of the molecule is C[C@@]12OC(=O)O[C@@H]1[C@@H](CO[P@]1(=O)OCC[C@H](c3cccc(F)c3)O1)O[C@H]2n1cnc2nc(N)[nH]c(=O)c21. The molecule has 2 aromatic heterocycles. The molecule has 0 unspecified atom stereocenters. The van der Waals surface area contributed by atoms with Crippen LogP contribution >= 0.6 is 7.82 Å². The van der Waals surface area contributed by atoms with E-state index in [1.165, 1.54) is 29.1 Å². The molecule has 3 saturated heterocycles. The second-order valence-corrected chi connectivity index (χ2v) is 10.5. The first-order valence-corrected chi connectivity index (χ1v) is 12.7. The van der Waals surface area contributed by atoms with Crippen LogP contribution in [0.4, 0.5) is 15.1 Å². The number of nitrogen functional groups attached to an aromatic ring is 1. The number of imidazole rings is 1. The molecule has 0 bridgehead atoms. The number of nitrogens with two attached hydrogens (primary N) is 1. The van der Waals surface area contributed by atoms with Crippen molar-refractivity contribution in [3.63, 3.8) is 0 Å². The van der Waals surface area contributed by atoms with Crippen LogP contribution in [0.3, 0.4) is 0 Å². The molecule has 16 heteroatoms. The predicted octanol–water partition coefficient (Wildman–Crippen LogP) is 2.34. The van der Waals surface area contributed by atoms with Gasteiger partial charge in [0, 0.05) is 6.42 Å². The standard InChI is InChI=1S/C21H21FN5O9P/c1-21-15(34-20(29)35-21)13(33-18(21)27-9-24-16-14(27)17(28)26-19(23)25-16)8-32-37(30)31-6-5-12(36-37)10-3-2-4-11(22)7-10/h2-4,7,9,12-13,15,18H,5-6,8H2,1H3,(H3,23,25,26,28)/t12-,13-,15-,18-,21-,37+/m1/s1. The summed E-state index contributed by atoms with van der Waals surface area (Å²) in [6.07, 6.45) is -3.10. The first kappa shape index (κ1) is 24.0. The number of phosphoric acid groups is 1. The lowest BCUT2D eigenvalue weighted by molar-refractivity contribution is -0.0924. The summed E-state index contributed by atoms with van der Waals surface area (Å²) < 4.78 is 61.5.